The number of aryl methyl sites for hydroxylation is 1. The first kappa shape index (κ1) is 29.2. The van der Waals surface area contributed by atoms with Crippen molar-refractivity contribution in [2.24, 2.45) is 11.8 Å². The van der Waals surface area contributed by atoms with Gasteiger partial charge in [0.25, 0.3) is 0 Å². The van der Waals surface area contributed by atoms with Crippen molar-refractivity contribution in [1.82, 2.24) is 0 Å². The molecule has 1 aliphatic carbocycles. The van der Waals surface area contributed by atoms with Gasteiger partial charge in [-0.15, -0.1) is 0 Å². The van der Waals surface area contributed by atoms with Crippen LogP contribution in [0.15, 0.2) is 66.7 Å². The fourth-order valence-electron chi connectivity index (χ4n) is 7.07. The van der Waals surface area contributed by atoms with Crippen LogP contribution in [-0.2, 0) is 28.3 Å². The second kappa shape index (κ2) is 11.6. The number of fused-ring (bicyclic) bond motifs is 1. The monoisotopic (exact) mass is 572 g/mol. The second-order valence-corrected chi connectivity index (χ2v) is 12.6. The van der Waals surface area contributed by atoms with Gasteiger partial charge in [-0.1, -0.05) is 57.2 Å². The lowest BCUT2D eigenvalue weighted by molar-refractivity contribution is -0.346. The largest absolute Gasteiger partial charge is 0.496 e. The third kappa shape index (κ3) is 5.24. The molecule has 6 rings (SSSR count). The molecule has 1 spiro atoms. The van der Waals surface area contributed by atoms with Crippen LogP contribution in [0.1, 0.15) is 86.8 Å². The Kier molecular flexibility index (Phi) is 8.09. The van der Waals surface area contributed by atoms with Gasteiger partial charge in [-0.2, -0.15) is 0 Å². The first-order valence-corrected chi connectivity index (χ1v) is 15.5. The summed E-state index contributed by atoms with van der Waals surface area (Å²) in [6.45, 7) is 6.72. The van der Waals surface area contributed by atoms with Crippen LogP contribution in [0.2, 0.25) is 0 Å². The molecule has 0 amide bonds. The molecule has 6 heteroatoms. The number of rotatable bonds is 8. The Hall–Kier alpha value is -2.90. The Morgan fingerprint density at radius 1 is 0.976 bits per heavy atom. The van der Waals surface area contributed by atoms with Gasteiger partial charge in [0.1, 0.15) is 29.3 Å². The smallest absolute Gasteiger partial charge is 0.220 e. The van der Waals surface area contributed by atoms with Crippen molar-refractivity contribution in [1.29, 1.82) is 0 Å². The van der Waals surface area contributed by atoms with E-state index in [-0.39, 0.29) is 23.5 Å². The number of benzene rings is 3. The summed E-state index contributed by atoms with van der Waals surface area (Å²) in [6.07, 6.45) is 4.48. The molecule has 2 N–H and O–H groups in total. The average molecular weight is 573 g/mol. The fraction of sp³-hybridized carbons (Fsp3) is 0.500. The van der Waals surface area contributed by atoms with Crippen molar-refractivity contribution in [3.05, 3.63) is 94.5 Å². The maximum atomic E-state index is 12.4. The Balaban J connectivity index is 1.33. The number of aliphatic hydroxyl groups excluding tert-OH is 1. The molecule has 2 aliphatic heterocycles. The second-order valence-electron chi connectivity index (χ2n) is 12.6. The summed E-state index contributed by atoms with van der Waals surface area (Å²) in [7, 11) is 1.60. The zero-order valence-corrected chi connectivity index (χ0v) is 25.2. The van der Waals surface area contributed by atoms with E-state index < -0.39 is 18.0 Å². The zero-order valence-electron chi connectivity index (χ0n) is 25.2. The summed E-state index contributed by atoms with van der Waals surface area (Å²) >= 11 is 0. The van der Waals surface area contributed by atoms with Crippen molar-refractivity contribution in [3.8, 4) is 11.5 Å². The van der Waals surface area contributed by atoms with Crippen LogP contribution in [-0.4, -0.2) is 35.1 Å². The minimum absolute atomic E-state index is 0.0181. The molecule has 3 aromatic rings. The van der Waals surface area contributed by atoms with Gasteiger partial charge in [-0.3, -0.25) is 0 Å². The minimum Gasteiger partial charge on any atom is -0.496 e. The highest BCUT2D eigenvalue weighted by molar-refractivity contribution is 5.47. The molecule has 0 radical (unpaired) electrons. The third-order valence-corrected chi connectivity index (χ3v) is 10.1. The van der Waals surface area contributed by atoms with Gasteiger partial charge in [0.15, 0.2) is 0 Å². The van der Waals surface area contributed by atoms with E-state index in [1.807, 2.05) is 60.7 Å². The summed E-state index contributed by atoms with van der Waals surface area (Å²) in [5.74, 6) is -0.0235. The molecule has 3 aromatic carbocycles. The Labute approximate surface area is 249 Å². The van der Waals surface area contributed by atoms with Crippen LogP contribution in [0.3, 0.4) is 0 Å². The summed E-state index contributed by atoms with van der Waals surface area (Å²) in [6, 6.07) is 21.4. The molecule has 0 aromatic heterocycles. The lowest BCUT2D eigenvalue weighted by Gasteiger charge is -2.49. The third-order valence-electron chi connectivity index (χ3n) is 10.1. The Morgan fingerprint density at radius 2 is 1.76 bits per heavy atom. The van der Waals surface area contributed by atoms with Gasteiger partial charge in [0.2, 0.25) is 5.79 Å². The molecule has 1 saturated carbocycles. The summed E-state index contributed by atoms with van der Waals surface area (Å²) in [5, 5.41) is 24.1. The number of hydrogen-bond acceptors (Lipinski definition) is 6. The van der Waals surface area contributed by atoms with Crippen molar-refractivity contribution in [2.75, 3.05) is 7.11 Å². The molecule has 6 nitrogen and oxygen atoms in total. The Bertz CT molecular complexity index is 1380. The van der Waals surface area contributed by atoms with E-state index in [9.17, 15) is 10.2 Å². The molecule has 3 aliphatic rings. The van der Waals surface area contributed by atoms with Crippen LogP contribution in [0.25, 0.3) is 0 Å². The fourth-order valence-corrected chi connectivity index (χ4v) is 7.07. The molecule has 42 heavy (non-hydrogen) atoms. The minimum atomic E-state index is -1.71. The molecule has 2 fully saturated rings. The van der Waals surface area contributed by atoms with Crippen molar-refractivity contribution in [2.45, 2.75) is 95.6 Å². The lowest BCUT2D eigenvalue weighted by Crippen LogP contribution is -2.57. The van der Waals surface area contributed by atoms with E-state index in [1.165, 1.54) is 6.42 Å². The Morgan fingerprint density at radius 3 is 2.45 bits per heavy atom. The molecule has 2 heterocycles. The summed E-state index contributed by atoms with van der Waals surface area (Å²) < 4.78 is 25.1. The lowest BCUT2D eigenvalue weighted by atomic mass is 9.74. The van der Waals surface area contributed by atoms with E-state index in [0.717, 1.165) is 54.5 Å². The van der Waals surface area contributed by atoms with Gasteiger partial charge < -0.3 is 29.2 Å². The first-order chi connectivity index (χ1) is 20.3. The topological polar surface area (TPSA) is 77.4 Å². The molecule has 6 atom stereocenters. The molecule has 1 saturated heterocycles. The van der Waals surface area contributed by atoms with Gasteiger partial charge in [-0.25, -0.2) is 0 Å². The van der Waals surface area contributed by atoms with E-state index in [1.54, 1.807) is 13.2 Å². The van der Waals surface area contributed by atoms with Crippen molar-refractivity contribution < 1.29 is 29.2 Å². The normalized spacial score (nSPS) is 28.8. The molecular weight excluding hydrogens is 528 g/mol. The predicted octanol–water partition coefficient (Wildman–Crippen LogP) is 6.84. The SMILES string of the molecule is CC[C@H]1OC(O)(c2ccc(OC)c(C(O)c3ccc4c(c3)CCC3(CCC3)O4)c2)C(OCc2ccccc2)C(C)C1C. The van der Waals surface area contributed by atoms with E-state index in [2.05, 4.69) is 20.8 Å². The standard InChI is InChI=1S/C36H44O6/c1-5-30-23(2)24(3)34(40-22-25-10-7-6-8-11-25)36(38,42-30)28-13-15-32(39-4)29(21-28)33(37)27-12-14-31-26(20-27)16-19-35(41-31)17-9-18-35/h6-8,10-15,20-21,23-24,30,33-34,37-38H,5,9,16-19,22H2,1-4H3/t23?,24?,30-,33?,34?,36?/m1/s1. The van der Waals surface area contributed by atoms with Crippen LogP contribution >= 0.6 is 0 Å². The van der Waals surface area contributed by atoms with Gasteiger partial charge in [-0.05, 0) is 97.4 Å². The first-order valence-electron chi connectivity index (χ1n) is 15.5. The molecular formula is C36H44O6. The number of ether oxygens (including phenoxy) is 4. The quantitative estimate of drug-likeness (QED) is 0.308. The van der Waals surface area contributed by atoms with Crippen LogP contribution in [0, 0.1) is 11.8 Å². The maximum absolute atomic E-state index is 12.4. The summed E-state index contributed by atoms with van der Waals surface area (Å²) in [4.78, 5) is 0. The van der Waals surface area contributed by atoms with E-state index >= 15 is 0 Å². The molecule has 0 bridgehead atoms. The molecule has 224 valence electrons. The van der Waals surface area contributed by atoms with Gasteiger partial charge in [0.05, 0.1) is 19.8 Å². The van der Waals surface area contributed by atoms with E-state index in [4.69, 9.17) is 18.9 Å². The van der Waals surface area contributed by atoms with Crippen LogP contribution in [0.4, 0.5) is 0 Å². The van der Waals surface area contributed by atoms with Crippen LogP contribution < -0.4 is 9.47 Å². The number of methoxy groups -OCH3 is 1. The summed E-state index contributed by atoms with van der Waals surface area (Å²) in [5.41, 5.74) is 4.05. The highest BCUT2D eigenvalue weighted by atomic mass is 16.7. The predicted molar refractivity (Wildman–Crippen MR) is 161 cm³/mol. The maximum Gasteiger partial charge on any atom is 0.220 e. The highest BCUT2D eigenvalue weighted by Gasteiger charge is 2.52. The number of aliphatic hydroxyl groups is 2. The molecule has 5 unspecified atom stereocenters. The zero-order chi connectivity index (χ0) is 29.5. The number of hydrogen-bond donors (Lipinski definition) is 2. The van der Waals surface area contributed by atoms with Crippen molar-refractivity contribution >= 4 is 0 Å². The van der Waals surface area contributed by atoms with E-state index in [0.29, 0.717) is 23.5 Å². The highest BCUT2D eigenvalue weighted by Crippen LogP contribution is 2.48. The van der Waals surface area contributed by atoms with Crippen LogP contribution in [0.5, 0.6) is 11.5 Å². The average Bonchev–Trinajstić information content (AvgIpc) is 3.01. The van der Waals surface area contributed by atoms with Crippen molar-refractivity contribution in [3.63, 3.8) is 0 Å². The van der Waals surface area contributed by atoms with Gasteiger partial charge >= 0.3 is 0 Å². The van der Waals surface area contributed by atoms with Gasteiger partial charge in [0, 0.05) is 11.1 Å².